The van der Waals surface area contributed by atoms with Gasteiger partial charge in [-0.05, 0) is 86.9 Å². The van der Waals surface area contributed by atoms with Gasteiger partial charge in [-0.25, -0.2) is 0 Å². The molecule has 0 fully saturated rings. The molecule has 0 amide bonds. The number of halogens is 1. The Morgan fingerprint density at radius 3 is 0.840 bits per heavy atom. The van der Waals surface area contributed by atoms with E-state index in [4.69, 9.17) is 0 Å². The van der Waals surface area contributed by atoms with Crippen molar-refractivity contribution < 1.29 is 18.2 Å². The van der Waals surface area contributed by atoms with Gasteiger partial charge in [0.25, 0.3) is 0 Å². The zero-order valence-electron chi connectivity index (χ0n) is 28.5. The summed E-state index contributed by atoms with van der Waals surface area (Å²) >= 11 is 2.22. The van der Waals surface area contributed by atoms with Crippen molar-refractivity contribution in [3.63, 3.8) is 0 Å². The van der Waals surface area contributed by atoms with Crippen molar-refractivity contribution in [2.24, 2.45) is 0 Å². The molecular weight excluding hydrogens is 758 g/mol. The largest absolute Gasteiger partial charge is 0.102 e. The fourth-order valence-corrected chi connectivity index (χ4v) is 10.7. The van der Waals surface area contributed by atoms with E-state index in [1.807, 2.05) is 18.2 Å². The van der Waals surface area contributed by atoms with Crippen LogP contribution in [0.2, 0.25) is 0 Å². The third-order valence-corrected chi connectivity index (χ3v) is 13.1. The summed E-state index contributed by atoms with van der Waals surface area (Å²) in [6.45, 7) is 0.973. The van der Waals surface area contributed by atoms with Crippen molar-refractivity contribution in [1.82, 2.24) is 4.90 Å². The van der Waals surface area contributed by atoms with E-state index < -0.39 is 15.8 Å². The second-order valence-corrected chi connectivity index (χ2v) is 16.5. The second kappa shape index (κ2) is 22.9. The molecule has 5 heteroatoms. The maximum Gasteiger partial charge on any atom is 0.102 e. The first-order chi connectivity index (χ1) is 24.7. The van der Waals surface area contributed by atoms with Crippen molar-refractivity contribution >= 4 is 57.2 Å². The summed E-state index contributed by atoms with van der Waals surface area (Å²) in [6, 6.07) is 76.2. The molecule has 7 aromatic carbocycles. The first kappa shape index (κ1) is 39.1. The van der Waals surface area contributed by atoms with Crippen LogP contribution in [0.25, 0.3) is 0 Å². The Bertz CT molecular complexity index is 1540. The molecule has 7 rings (SSSR count). The maximum atomic E-state index is 4.49. The first-order valence-corrected chi connectivity index (χ1v) is 21.5. The molecule has 0 bridgehead atoms. The van der Waals surface area contributed by atoms with Crippen molar-refractivity contribution in [2.45, 2.75) is 6.54 Å². The van der Waals surface area contributed by atoms with E-state index in [-0.39, 0.29) is 0 Å². The van der Waals surface area contributed by atoms with Gasteiger partial charge in [0.05, 0.1) is 15.8 Å². The van der Waals surface area contributed by atoms with E-state index in [9.17, 15) is 0 Å². The smallest absolute Gasteiger partial charge is 0.0620 e. The zero-order valence-corrected chi connectivity index (χ0v) is 32.8. The number of benzene rings is 7. The average Bonchev–Trinajstić information content (AvgIpc) is 3.19. The Labute approximate surface area is 316 Å². The van der Waals surface area contributed by atoms with Crippen LogP contribution in [0.15, 0.2) is 206 Å². The fourth-order valence-electron chi connectivity index (χ4n) is 5.50. The zero-order chi connectivity index (χ0) is 35.2. The quantitative estimate of drug-likeness (QED) is 0.0846. The van der Waals surface area contributed by atoms with Crippen molar-refractivity contribution in [3.8, 4) is 0 Å². The van der Waals surface area contributed by atoms with Crippen LogP contribution in [-0.2, 0) is 24.7 Å². The Balaban J connectivity index is 0.000000172. The third kappa shape index (κ3) is 12.9. The summed E-state index contributed by atoms with van der Waals surface area (Å²) < 4.78 is 0. The van der Waals surface area contributed by atoms with Crippen molar-refractivity contribution in [3.05, 3.63) is 218 Å². The SMILES string of the molecule is CN(C)Cc1[c-]cccc1.[Cl][Pd+].c1ccc([PH+](c2ccccc2)c2ccccc2)cc1.c1ccc([PH+](c2ccccc2)c2ccccc2)cc1. The normalized spacial score (nSPS) is 10.2. The van der Waals surface area contributed by atoms with Crippen LogP contribution in [-0.4, -0.2) is 19.0 Å². The number of hydrogen-bond donors (Lipinski definition) is 0. The molecule has 0 aromatic heterocycles. The molecule has 0 unspecified atom stereocenters. The van der Waals surface area contributed by atoms with Crippen LogP contribution in [0.5, 0.6) is 0 Å². The van der Waals surface area contributed by atoms with Crippen LogP contribution in [0.4, 0.5) is 0 Å². The monoisotopic (exact) mass is 801 g/mol. The van der Waals surface area contributed by atoms with E-state index in [1.165, 1.54) is 37.4 Å². The van der Waals surface area contributed by atoms with E-state index in [1.54, 1.807) is 0 Å². The van der Waals surface area contributed by atoms with Crippen molar-refractivity contribution in [1.29, 1.82) is 0 Å². The predicted molar refractivity (Wildman–Crippen MR) is 222 cm³/mol. The average molecular weight is 803 g/mol. The predicted octanol–water partition coefficient (Wildman–Crippen LogP) is 8.59. The Morgan fingerprint density at radius 2 is 0.640 bits per heavy atom. The molecule has 7 aromatic rings. The summed E-state index contributed by atoms with van der Waals surface area (Å²) in [4.78, 5) is 2.13. The van der Waals surface area contributed by atoms with Gasteiger partial charge >= 0.3 is 27.7 Å². The molecule has 0 radical (unpaired) electrons. The minimum Gasteiger partial charge on any atom is -0.0620 e. The van der Waals surface area contributed by atoms with Gasteiger partial charge in [-0.15, -0.1) is 5.56 Å². The fraction of sp³-hybridized carbons (Fsp3) is 0.0667. The maximum absolute atomic E-state index is 4.49. The second-order valence-electron chi connectivity index (χ2n) is 11.6. The Morgan fingerprint density at radius 1 is 0.400 bits per heavy atom. The van der Waals surface area contributed by atoms with E-state index >= 15 is 0 Å². The van der Waals surface area contributed by atoms with Crippen LogP contribution >= 0.6 is 25.4 Å². The van der Waals surface area contributed by atoms with Gasteiger partial charge in [0, 0.05) is 6.54 Å². The van der Waals surface area contributed by atoms with Crippen LogP contribution in [0.1, 0.15) is 5.56 Å². The number of rotatable bonds is 8. The van der Waals surface area contributed by atoms with Crippen LogP contribution in [0.3, 0.4) is 0 Å². The Hall–Kier alpha value is -3.69. The molecule has 0 aliphatic carbocycles. The van der Waals surface area contributed by atoms with Gasteiger partial charge in [0.15, 0.2) is 0 Å². The molecule has 1 nitrogen and oxygen atoms in total. The molecule has 254 valence electrons. The van der Waals surface area contributed by atoms with Gasteiger partial charge in [-0.2, -0.15) is 30.3 Å². The van der Waals surface area contributed by atoms with Crippen molar-refractivity contribution in [2.75, 3.05) is 14.1 Å². The van der Waals surface area contributed by atoms with Crippen LogP contribution in [0, 0.1) is 6.07 Å². The van der Waals surface area contributed by atoms with E-state index in [0.29, 0.717) is 0 Å². The topological polar surface area (TPSA) is 3.24 Å². The molecule has 0 spiro atoms. The van der Waals surface area contributed by atoms with E-state index in [2.05, 4.69) is 241 Å². The van der Waals surface area contributed by atoms with Gasteiger partial charge < -0.3 is 4.90 Å². The summed E-state index contributed by atoms with van der Waals surface area (Å²) in [5.41, 5.74) is 1.24. The van der Waals surface area contributed by atoms with E-state index in [0.717, 1.165) is 6.54 Å². The number of hydrogen-bond acceptors (Lipinski definition) is 1. The molecule has 0 N–H and O–H groups in total. The minimum atomic E-state index is -0.877. The first-order valence-electron chi connectivity index (χ1n) is 16.5. The van der Waals surface area contributed by atoms with Gasteiger partial charge in [-0.1, -0.05) is 109 Å². The number of nitrogens with zero attached hydrogens (tertiary/aromatic N) is 1. The molecule has 0 saturated carbocycles. The minimum absolute atomic E-state index is 0.877. The Kier molecular flexibility index (Phi) is 17.9. The summed E-state index contributed by atoms with van der Waals surface area (Å²) in [5.74, 6) is 0. The molecule has 0 aliphatic heterocycles. The van der Waals surface area contributed by atoms with Gasteiger partial charge in [-0.3, -0.25) is 0 Å². The summed E-state index contributed by atoms with van der Waals surface area (Å²) in [5, 5.41) is 8.61. The summed E-state index contributed by atoms with van der Waals surface area (Å²) in [6.07, 6.45) is 0. The van der Waals surface area contributed by atoms with Crippen LogP contribution < -0.4 is 31.8 Å². The molecule has 0 atom stereocenters. The molecule has 50 heavy (non-hydrogen) atoms. The van der Waals surface area contributed by atoms with Gasteiger partial charge in [0.1, 0.15) is 31.8 Å². The summed E-state index contributed by atoms with van der Waals surface area (Å²) in [7, 11) is 6.85. The third-order valence-electron chi connectivity index (χ3n) is 7.63. The molecule has 0 saturated heterocycles. The standard InChI is InChI=1S/2C18H15P.C9H12N.ClH.Pd/c2*1-4-10-16(11-5-1)19(17-12-6-2-7-13-17)18-14-8-3-9-15-18;1-10(2)8-9-6-4-3-5-7-9;;/h2*1-15H;3-6H,8H2,1-2H3;1H;/q;;-1;;+2/p+1. The van der Waals surface area contributed by atoms with Gasteiger partial charge in [0.2, 0.25) is 0 Å². The molecular formula is C45H44ClNP2Pd+2. The molecule has 0 aliphatic rings. The molecule has 0 heterocycles.